The average Bonchev–Trinajstić information content (AvgIpc) is 2.98. The fourth-order valence-electron chi connectivity index (χ4n) is 4.44. The highest BCUT2D eigenvalue weighted by molar-refractivity contribution is 7.91. The molecule has 2 fully saturated rings. The van der Waals surface area contributed by atoms with Crippen LogP contribution >= 0.6 is 0 Å². The molecule has 0 saturated carbocycles. The number of nitrogens with zero attached hydrogens (tertiary/aromatic N) is 1. The Bertz CT molecular complexity index is 987. The summed E-state index contributed by atoms with van der Waals surface area (Å²) in [6, 6.07) is 17.5. The smallest absolute Gasteiger partial charge is 0.410 e. The van der Waals surface area contributed by atoms with E-state index in [1.54, 1.807) is 4.90 Å². The van der Waals surface area contributed by atoms with Crippen LogP contribution in [0.5, 0.6) is 0 Å². The van der Waals surface area contributed by atoms with Crippen molar-refractivity contribution in [1.29, 1.82) is 0 Å². The predicted molar refractivity (Wildman–Crippen MR) is 112 cm³/mol. The number of hydrogen-bond donors (Lipinski definition) is 0. The number of amides is 1. The van der Waals surface area contributed by atoms with Crippen LogP contribution in [0.4, 0.5) is 4.79 Å². The first-order valence-electron chi connectivity index (χ1n) is 10.1. The van der Waals surface area contributed by atoms with Crippen LogP contribution in [-0.4, -0.2) is 43.1 Å². The second kappa shape index (κ2) is 7.82. The minimum absolute atomic E-state index is 0.0292. The lowest BCUT2D eigenvalue weighted by atomic mass is 9.91. The van der Waals surface area contributed by atoms with Crippen LogP contribution in [0.2, 0.25) is 0 Å². The minimum Gasteiger partial charge on any atom is -0.444 e. The summed E-state index contributed by atoms with van der Waals surface area (Å²) in [6.07, 6.45) is -0.213. The van der Waals surface area contributed by atoms with E-state index >= 15 is 0 Å². The molecule has 6 heteroatoms. The van der Waals surface area contributed by atoms with Crippen LogP contribution in [0.3, 0.4) is 0 Å². The molecule has 0 aromatic heterocycles. The quantitative estimate of drug-likeness (QED) is 0.748. The topological polar surface area (TPSA) is 63.7 Å². The normalized spacial score (nSPS) is 25.7. The van der Waals surface area contributed by atoms with E-state index in [1.807, 2.05) is 42.5 Å². The summed E-state index contributed by atoms with van der Waals surface area (Å²) in [6.45, 7) is 4.62. The van der Waals surface area contributed by atoms with Crippen molar-refractivity contribution in [3.8, 4) is 0 Å². The van der Waals surface area contributed by atoms with Gasteiger partial charge in [-0.25, -0.2) is 13.2 Å². The monoisotopic (exact) mass is 413 g/mol. The number of carbonyl (C=O) groups excluding carboxylic acids is 1. The highest BCUT2D eigenvalue weighted by Crippen LogP contribution is 2.35. The molecule has 0 radical (unpaired) electrons. The van der Waals surface area contributed by atoms with Gasteiger partial charge in [-0.2, -0.15) is 0 Å². The van der Waals surface area contributed by atoms with Gasteiger partial charge in [0.2, 0.25) is 0 Å². The first-order valence-corrected chi connectivity index (χ1v) is 11.9. The molecule has 2 heterocycles. The summed E-state index contributed by atoms with van der Waals surface area (Å²) in [4.78, 5) is 14.3. The van der Waals surface area contributed by atoms with E-state index in [2.05, 4.69) is 26.0 Å². The molecular weight excluding hydrogens is 386 g/mol. The molecule has 4 rings (SSSR count). The second-order valence-corrected chi connectivity index (χ2v) is 10.6. The predicted octanol–water partition coefficient (Wildman–Crippen LogP) is 3.79. The van der Waals surface area contributed by atoms with Gasteiger partial charge < -0.3 is 4.74 Å². The molecule has 2 aliphatic rings. The molecule has 3 atom stereocenters. The molecule has 2 saturated heterocycles. The van der Waals surface area contributed by atoms with Crippen molar-refractivity contribution >= 4 is 15.9 Å². The maximum Gasteiger partial charge on any atom is 0.410 e. The summed E-state index contributed by atoms with van der Waals surface area (Å²) < 4.78 is 31.0. The van der Waals surface area contributed by atoms with Crippen LogP contribution in [0.25, 0.3) is 0 Å². The molecule has 1 amide bonds. The van der Waals surface area contributed by atoms with Gasteiger partial charge in [0.25, 0.3) is 0 Å². The van der Waals surface area contributed by atoms with Gasteiger partial charge in [-0.15, -0.1) is 0 Å². The molecule has 0 N–H and O–H groups in total. The molecule has 0 aliphatic carbocycles. The highest BCUT2D eigenvalue weighted by atomic mass is 32.2. The van der Waals surface area contributed by atoms with Crippen LogP contribution in [0.1, 0.15) is 36.5 Å². The Hall–Kier alpha value is -2.34. The number of hydrogen-bond acceptors (Lipinski definition) is 4. The zero-order valence-electron chi connectivity index (χ0n) is 16.8. The van der Waals surface area contributed by atoms with Gasteiger partial charge in [0.15, 0.2) is 9.84 Å². The fraction of sp³-hybridized carbons (Fsp3) is 0.435. The molecule has 29 heavy (non-hydrogen) atoms. The van der Waals surface area contributed by atoms with Crippen molar-refractivity contribution in [3.63, 3.8) is 0 Å². The third-order valence-corrected chi connectivity index (χ3v) is 7.71. The first-order chi connectivity index (χ1) is 13.8. The number of rotatable bonds is 5. The first kappa shape index (κ1) is 20.0. The molecule has 2 aromatic carbocycles. The number of benzene rings is 2. The summed E-state index contributed by atoms with van der Waals surface area (Å²) in [5, 5.41) is 0. The largest absolute Gasteiger partial charge is 0.444 e. The average molecular weight is 414 g/mol. The van der Waals surface area contributed by atoms with Gasteiger partial charge in [0, 0.05) is 12.5 Å². The molecule has 0 bridgehead atoms. The Labute approximate surface area is 172 Å². The van der Waals surface area contributed by atoms with Gasteiger partial charge in [0.1, 0.15) is 6.10 Å². The molecule has 0 spiro atoms. The van der Waals surface area contributed by atoms with Crippen molar-refractivity contribution in [1.82, 2.24) is 4.90 Å². The standard InChI is InChI=1S/C23H27NO4S/c1-16(2)19-10-6-9-18(12-19)13-24-21-15-29(26,27)14-20(22(21)28-23(24)25)11-17-7-4-3-5-8-17/h3-10,12,16,20-22H,11,13-15H2,1-2H3/t20-,21+,22+/m1/s1. The Balaban J connectivity index is 1.58. The van der Waals surface area contributed by atoms with Crippen molar-refractivity contribution in [2.75, 3.05) is 11.5 Å². The lowest BCUT2D eigenvalue weighted by Crippen LogP contribution is -2.51. The maximum atomic E-state index is 12.7. The molecular formula is C23H27NO4S. The van der Waals surface area contributed by atoms with Gasteiger partial charge in [-0.05, 0) is 29.0 Å². The number of ether oxygens (including phenoxy) is 1. The SMILES string of the molecule is CC(C)c1cccc(CN2C(=O)O[C@H]3[C@H](Cc4ccccc4)CS(=O)(=O)C[C@@H]32)c1. The van der Waals surface area contributed by atoms with E-state index in [9.17, 15) is 13.2 Å². The Morgan fingerprint density at radius 2 is 1.76 bits per heavy atom. The van der Waals surface area contributed by atoms with Gasteiger partial charge >= 0.3 is 6.09 Å². The maximum absolute atomic E-state index is 12.7. The van der Waals surface area contributed by atoms with E-state index in [4.69, 9.17) is 4.74 Å². The summed E-state index contributed by atoms with van der Waals surface area (Å²) in [5.41, 5.74) is 3.26. The molecule has 0 unspecified atom stereocenters. The van der Waals surface area contributed by atoms with Gasteiger partial charge in [-0.3, -0.25) is 4.90 Å². The Kier molecular flexibility index (Phi) is 5.38. The summed E-state index contributed by atoms with van der Waals surface area (Å²) in [7, 11) is -3.25. The van der Waals surface area contributed by atoms with Gasteiger partial charge in [0.05, 0.1) is 17.5 Å². The lowest BCUT2D eigenvalue weighted by Gasteiger charge is -2.34. The molecule has 2 aromatic rings. The molecule has 154 valence electrons. The molecule has 2 aliphatic heterocycles. The van der Waals surface area contributed by atoms with Crippen LogP contribution < -0.4 is 0 Å². The summed E-state index contributed by atoms with van der Waals surface area (Å²) >= 11 is 0. The van der Waals surface area contributed by atoms with E-state index in [1.165, 1.54) is 5.56 Å². The minimum atomic E-state index is -3.25. The third kappa shape index (κ3) is 4.32. The van der Waals surface area contributed by atoms with E-state index in [0.717, 1.165) is 11.1 Å². The third-order valence-electron chi connectivity index (χ3n) is 5.92. The van der Waals surface area contributed by atoms with E-state index in [0.29, 0.717) is 18.9 Å². The van der Waals surface area contributed by atoms with Crippen LogP contribution in [0.15, 0.2) is 54.6 Å². The van der Waals surface area contributed by atoms with Crippen molar-refractivity contribution in [2.45, 2.75) is 44.9 Å². The van der Waals surface area contributed by atoms with E-state index < -0.39 is 22.0 Å². The van der Waals surface area contributed by atoms with Crippen molar-refractivity contribution in [3.05, 3.63) is 71.3 Å². The lowest BCUT2D eigenvalue weighted by molar-refractivity contribution is 0.0970. The molecule has 5 nitrogen and oxygen atoms in total. The van der Waals surface area contributed by atoms with Crippen LogP contribution in [0, 0.1) is 5.92 Å². The zero-order valence-corrected chi connectivity index (χ0v) is 17.6. The fourth-order valence-corrected chi connectivity index (χ4v) is 6.43. The highest BCUT2D eigenvalue weighted by Gasteiger charge is 2.51. The van der Waals surface area contributed by atoms with Gasteiger partial charge in [-0.1, -0.05) is 68.4 Å². The van der Waals surface area contributed by atoms with E-state index in [-0.39, 0.29) is 23.5 Å². The summed E-state index contributed by atoms with van der Waals surface area (Å²) in [5.74, 6) is 0.196. The van der Waals surface area contributed by atoms with Crippen molar-refractivity contribution in [2.24, 2.45) is 5.92 Å². The number of carbonyl (C=O) groups is 1. The number of sulfone groups is 1. The zero-order chi connectivity index (χ0) is 20.6. The number of fused-ring (bicyclic) bond motifs is 1. The Morgan fingerprint density at radius 3 is 2.48 bits per heavy atom. The van der Waals surface area contributed by atoms with Crippen molar-refractivity contribution < 1.29 is 17.9 Å². The second-order valence-electron chi connectivity index (χ2n) is 8.47. The van der Waals surface area contributed by atoms with Crippen LogP contribution in [-0.2, 0) is 27.5 Å². The Morgan fingerprint density at radius 1 is 1.03 bits per heavy atom.